The molecule has 0 aliphatic carbocycles. The molecule has 0 aliphatic rings. The van der Waals surface area contributed by atoms with Crippen LogP contribution in [0, 0.1) is 6.92 Å². The van der Waals surface area contributed by atoms with Crippen molar-refractivity contribution in [3.63, 3.8) is 0 Å². The average Bonchev–Trinajstić information content (AvgIpc) is 3.37. The summed E-state index contributed by atoms with van der Waals surface area (Å²) in [5, 5.41) is 8.52. The van der Waals surface area contributed by atoms with Crippen molar-refractivity contribution in [2.75, 3.05) is 18.6 Å². The van der Waals surface area contributed by atoms with Crippen LogP contribution in [-0.4, -0.2) is 40.8 Å². The van der Waals surface area contributed by atoms with Gasteiger partial charge in [0.2, 0.25) is 5.91 Å². The smallest absolute Gasteiger partial charge is 0.268 e. The standard InChI is InChI=1S/C26H28N4O3S/c1-17-21-15-22(34-25(21)30(28-17)19-9-7-6-8-10-19)24(32)29(16-23(31)27-26(2,3)4)18-11-13-20(33-5)14-12-18/h6-15H,16H2,1-5H3,(H,27,31). The van der Waals surface area contributed by atoms with E-state index in [1.54, 1.807) is 31.4 Å². The van der Waals surface area contributed by atoms with Crippen molar-refractivity contribution in [1.29, 1.82) is 0 Å². The van der Waals surface area contributed by atoms with E-state index in [0.717, 1.165) is 21.6 Å². The molecule has 2 aromatic carbocycles. The molecule has 0 atom stereocenters. The monoisotopic (exact) mass is 476 g/mol. The number of carbonyl (C=O) groups excluding carboxylic acids is 2. The zero-order valence-electron chi connectivity index (χ0n) is 20.0. The second-order valence-corrected chi connectivity index (χ2v) is 10.1. The molecule has 0 radical (unpaired) electrons. The molecule has 0 saturated heterocycles. The third kappa shape index (κ3) is 4.97. The number of carbonyl (C=O) groups is 2. The van der Waals surface area contributed by atoms with Crippen molar-refractivity contribution >= 4 is 39.1 Å². The number of hydrogen-bond donors (Lipinski definition) is 1. The van der Waals surface area contributed by atoms with Crippen molar-refractivity contribution in [2.45, 2.75) is 33.2 Å². The number of methoxy groups -OCH3 is 1. The van der Waals surface area contributed by atoms with E-state index in [-0.39, 0.29) is 18.4 Å². The number of thiophene rings is 1. The van der Waals surface area contributed by atoms with Gasteiger partial charge in [0, 0.05) is 16.6 Å². The van der Waals surface area contributed by atoms with Crippen LogP contribution in [0.1, 0.15) is 36.1 Å². The lowest BCUT2D eigenvalue weighted by atomic mass is 10.1. The first-order chi connectivity index (χ1) is 16.2. The van der Waals surface area contributed by atoms with Crippen LogP contribution < -0.4 is 15.0 Å². The number of para-hydroxylation sites is 1. The third-order valence-corrected chi connectivity index (χ3v) is 6.30. The van der Waals surface area contributed by atoms with Gasteiger partial charge in [0.1, 0.15) is 17.1 Å². The average molecular weight is 477 g/mol. The number of aromatic nitrogens is 2. The number of nitrogens with zero attached hydrogens (tertiary/aromatic N) is 3. The van der Waals surface area contributed by atoms with Crippen LogP contribution in [0.5, 0.6) is 5.75 Å². The Kier molecular flexibility index (Phi) is 6.43. The Bertz CT molecular complexity index is 1320. The minimum absolute atomic E-state index is 0.0968. The Morgan fingerprint density at radius 3 is 2.38 bits per heavy atom. The van der Waals surface area contributed by atoms with E-state index < -0.39 is 5.54 Å². The van der Waals surface area contributed by atoms with E-state index in [1.807, 2.05) is 68.8 Å². The predicted octanol–water partition coefficient (Wildman–Crippen LogP) is 4.97. The van der Waals surface area contributed by atoms with Crippen LogP contribution in [0.3, 0.4) is 0 Å². The number of amides is 2. The molecule has 0 bridgehead atoms. The quantitative estimate of drug-likeness (QED) is 0.427. The first-order valence-electron chi connectivity index (χ1n) is 11.0. The van der Waals surface area contributed by atoms with Gasteiger partial charge in [-0.25, -0.2) is 4.68 Å². The fraction of sp³-hybridized carbons (Fsp3) is 0.269. The van der Waals surface area contributed by atoms with Crippen LogP contribution in [0.15, 0.2) is 60.7 Å². The third-order valence-electron chi connectivity index (χ3n) is 5.20. The minimum Gasteiger partial charge on any atom is -0.497 e. The van der Waals surface area contributed by atoms with E-state index >= 15 is 0 Å². The second kappa shape index (κ2) is 9.30. The molecule has 0 saturated carbocycles. The fourth-order valence-electron chi connectivity index (χ4n) is 3.67. The summed E-state index contributed by atoms with van der Waals surface area (Å²) in [7, 11) is 1.59. The summed E-state index contributed by atoms with van der Waals surface area (Å²) in [6.45, 7) is 7.57. The summed E-state index contributed by atoms with van der Waals surface area (Å²) in [4.78, 5) is 29.4. The molecule has 7 nitrogen and oxygen atoms in total. The topological polar surface area (TPSA) is 76.5 Å². The molecule has 2 amide bonds. The lowest BCUT2D eigenvalue weighted by Gasteiger charge is -2.26. The number of anilines is 1. The van der Waals surface area contributed by atoms with Crippen LogP contribution >= 0.6 is 11.3 Å². The van der Waals surface area contributed by atoms with Gasteiger partial charge in [0.15, 0.2) is 0 Å². The van der Waals surface area contributed by atoms with Crippen LogP contribution in [0.4, 0.5) is 5.69 Å². The summed E-state index contributed by atoms with van der Waals surface area (Å²) >= 11 is 1.37. The Hall–Kier alpha value is -3.65. The maximum absolute atomic E-state index is 13.7. The molecule has 0 unspecified atom stereocenters. The molecule has 1 N–H and O–H groups in total. The SMILES string of the molecule is COc1ccc(N(CC(=O)NC(C)(C)C)C(=O)c2cc3c(C)nn(-c4ccccc4)c3s2)cc1. The zero-order chi connectivity index (χ0) is 24.5. The summed E-state index contributed by atoms with van der Waals surface area (Å²) in [6, 6.07) is 18.8. The molecule has 2 aromatic heterocycles. The number of rotatable bonds is 6. The van der Waals surface area contributed by atoms with E-state index in [9.17, 15) is 9.59 Å². The lowest BCUT2D eigenvalue weighted by molar-refractivity contribution is -0.121. The number of aryl methyl sites for hydroxylation is 1. The van der Waals surface area contributed by atoms with Gasteiger partial charge < -0.3 is 10.1 Å². The normalized spacial score (nSPS) is 11.4. The highest BCUT2D eigenvalue weighted by Gasteiger charge is 2.26. The van der Waals surface area contributed by atoms with Gasteiger partial charge in [0.25, 0.3) is 5.91 Å². The zero-order valence-corrected chi connectivity index (χ0v) is 20.8. The molecular formula is C26H28N4O3S. The Morgan fingerprint density at radius 2 is 1.76 bits per heavy atom. The van der Waals surface area contributed by atoms with E-state index in [4.69, 9.17) is 4.74 Å². The van der Waals surface area contributed by atoms with Crippen molar-refractivity contribution in [3.05, 3.63) is 71.2 Å². The van der Waals surface area contributed by atoms with E-state index in [1.165, 1.54) is 16.2 Å². The maximum atomic E-state index is 13.7. The van der Waals surface area contributed by atoms with Gasteiger partial charge in [-0.3, -0.25) is 14.5 Å². The second-order valence-electron chi connectivity index (χ2n) is 9.05. The number of nitrogens with one attached hydrogen (secondary N) is 1. The molecular weight excluding hydrogens is 448 g/mol. The number of fused-ring (bicyclic) bond motifs is 1. The van der Waals surface area contributed by atoms with Gasteiger partial charge in [-0.05, 0) is 70.2 Å². The number of ether oxygens (including phenoxy) is 1. The Morgan fingerprint density at radius 1 is 1.09 bits per heavy atom. The fourth-order valence-corrected chi connectivity index (χ4v) is 4.81. The molecule has 176 valence electrons. The van der Waals surface area contributed by atoms with E-state index in [2.05, 4.69) is 10.4 Å². The predicted molar refractivity (Wildman–Crippen MR) is 136 cm³/mol. The van der Waals surface area contributed by atoms with E-state index in [0.29, 0.717) is 16.3 Å². The molecule has 8 heteroatoms. The first-order valence-corrected chi connectivity index (χ1v) is 11.8. The van der Waals surface area contributed by atoms with Gasteiger partial charge in [-0.15, -0.1) is 11.3 Å². The molecule has 4 aromatic rings. The number of hydrogen-bond acceptors (Lipinski definition) is 5. The van der Waals surface area contributed by atoms with Crippen LogP contribution in [0.2, 0.25) is 0 Å². The molecule has 0 aliphatic heterocycles. The molecule has 4 rings (SSSR count). The molecule has 0 spiro atoms. The maximum Gasteiger partial charge on any atom is 0.268 e. The van der Waals surface area contributed by atoms with Crippen molar-refractivity contribution < 1.29 is 14.3 Å². The Balaban J connectivity index is 1.72. The Labute approximate surface area is 203 Å². The molecule has 34 heavy (non-hydrogen) atoms. The molecule has 2 heterocycles. The van der Waals surface area contributed by atoms with Crippen molar-refractivity contribution in [2.24, 2.45) is 0 Å². The number of benzene rings is 2. The van der Waals surface area contributed by atoms with Crippen LogP contribution in [0.25, 0.3) is 15.9 Å². The summed E-state index contributed by atoms with van der Waals surface area (Å²) < 4.78 is 7.11. The largest absolute Gasteiger partial charge is 0.497 e. The van der Waals surface area contributed by atoms with Crippen LogP contribution in [-0.2, 0) is 4.79 Å². The lowest BCUT2D eigenvalue weighted by Crippen LogP contribution is -2.47. The summed E-state index contributed by atoms with van der Waals surface area (Å²) in [5.74, 6) is 0.203. The highest BCUT2D eigenvalue weighted by Crippen LogP contribution is 2.32. The highest BCUT2D eigenvalue weighted by molar-refractivity contribution is 7.20. The summed E-state index contributed by atoms with van der Waals surface area (Å²) in [5.41, 5.74) is 1.99. The van der Waals surface area contributed by atoms with Gasteiger partial charge >= 0.3 is 0 Å². The summed E-state index contributed by atoms with van der Waals surface area (Å²) in [6.07, 6.45) is 0. The highest BCUT2D eigenvalue weighted by atomic mass is 32.1. The first kappa shape index (κ1) is 23.5. The van der Waals surface area contributed by atoms with Gasteiger partial charge in [-0.1, -0.05) is 18.2 Å². The molecule has 0 fully saturated rings. The van der Waals surface area contributed by atoms with Gasteiger partial charge in [0.05, 0.1) is 23.4 Å². The van der Waals surface area contributed by atoms with Crippen molar-refractivity contribution in [3.8, 4) is 11.4 Å². The van der Waals surface area contributed by atoms with Gasteiger partial charge in [-0.2, -0.15) is 5.10 Å². The van der Waals surface area contributed by atoms with Crippen molar-refractivity contribution in [1.82, 2.24) is 15.1 Å². The minimum atomic E-state index is -0.403.